The number of rotatable bonds is 1. The molecule has 0 spiro atoms. The van der Waals surface area contributed by atoms with E-state index in [0.29, 0.717) is 5.92 Å². The Hall–Kier alpha value is -1.58. The van der Waals surface area contributed by atoms with Crippen LogP contribution in [0.3, 0.4) is 0 Å². The second-order valence-corrected chi connectivity index (χ2v) is 8.50. The minimum atomic E-state index is -0.227. The van der Waals surface area contributed by atoms with Gasteiger partial charge in [0.05, 0.1) is 17.7 Å². The summed E-state index contributed by atoms with van der Waals surface area (Å²) in [6.45, 7) is 2.06. The second-order valence-electron chi connectivity index (χ2n) is 8.50. The molecule has 4 unspecified atom stereocenters. The standard InChI is InChI=1S/C16H12N.C10H18O2.Ir/c1-12-6-8-14(9-7-12)16-11-10-13-4-2-3-5-15(13)17-16;11-8-4-2-1-3-7-5-6-9(12)10(7)8;/h2-8,10-11H,1H3;7-12H,1-6H2;/q-1;;. The molecule has 0 aliphatic heterocycles. The van der Waals surface area contributed by atoms with Crippen LogP contribution in [-0.2, 0) is 20.1 Å². The van der Waals surface area contributed by atoms with E-state index in [1.54, 1.807) is 0 Å². The minimum absolute atomic E-state index is 0. The Kier molecular flexibility index (Phi) is 8.19. The van der Waals surface area contributed by atoms with Gasteiger partial charge in [-0.1, -0.05) is 50.1 Å². The SMILES string of the molecule is Cc1c[c-]c(-c2ccc3ccccc3n2)cc1.OC1CCCCC2CCC(O)C12.[Ir]. The predicted octanol–water partition coefficient (Wildman–Crippen LogP) is 5.32. The zero-order chi connectivity index (χ0) is 20.2. The fraction of sp³-hybridized carbons (Fsp3) is 0.423. The topological polar surface area (TPSA) is 53.4 Å². The molecule has 1 heterocycles. The summed E-state index contributed by atoms with van der Waals surface area (Å²) >= 11 is 0. The van der Waals surface area contributed by atoms with E-state index in [1.807, 2.05) is 30.3 Å². The van der Waals surface area contributed by atoms with E-state index in [1.165, 1.54) is 23.8 Å². The molecule has 2 aromatic carbocycles. The average molecular weight is 581 g/mol. The Morgan fingerprint density at radius 1 is 0.867 bits per heavy atom. The summed E-state index contributed by atoms with van der Waals surface area (Å²) in [4.78, 5) is 4.64. The van der Waals surface area contributed by atoms with Gasteiger partial charge in [0.25, 0.3) is 0 Å². The van der Waals surface area contributed by atoms with Gasteiger partial charge in [0.2, 0.25) is 0 Å². The number of aliphatic hydroxyl groups excluding tert-OH is 2. The third-order valence-electron chi connectivity index (χ3n) is 6.43. The molecule has 3 aromatic rings. The van der Waals surface area contributed by atoms with E-state index in [-0.39, 0.29) is 38.2 Å². The number of aliphatic hydroxyl groups is 2. The number of aromatic nitrogens is 1. The fourth-order valence-corrected chi connectivity index (χ4v) is 4.82. The Morgan fingerprint density at radius 2 is 1.63 bits per heavy atom. The summed E-state index contributed by atoms with van der Waals surface area (Å²) in [5.74, 6) is 0.810. The maximum absolute atomic E-state index is 9.77. The number of hydrogen-bond donors (Lipinski definition) is 2. The Bertz CT molecular complexity index is 943. The van der Waals surface area contributed by atoms with Crippen molar-refractivity contribution < 1.29 is 30.3 Å². The molecule has 161 valence electrons. The number of para-hydroxylation sites is 1. The first-order chi connectivity index (χ1) is 14.1. The monoisotopic (exact) mass is 581 g/mol. The van der Waals surface area contributed by atoms with Crippen LogP contribution < -0.4 is 0 Å². The van der Waals surface area contributed by atoms with Gasteiger partial charge >= 0.3 is 0 Å². The molecule has 4 heteroatoms. The van der Waals surface area contributed by atoms with Crippen LogP contribution in [0.1, 0.15) is 44.1 Å². The molecule has 3 nitrogen and oxygen atoms in total. The van der Waals surface area contributed by atoms with Crippen molar-refractivity contribution in [2.24, 2.45) is 11.8 Å². The number of nitrogens with zero attached hydrogens (tertiary/aromatic N) is 1. The Labute approximate surface area is 192 Å². The molecule has 2 fully saturated rings. The van der Waals surface area contributed by atoms with E-state index in [9.17, 15) is 10.2 Å². The summed E-state index contributed by atoms with van der Waals surface area (Å²) in [6.07, 6.45) is 6.09. The van der Waals surface area contributed by atoms with Crippen LogP contribution in [0, 0.1) is 24.8 Å². The summed E-state index contributed by atoms with van der Waals surface area (Å²) in [5.41, 5.74) is 4.26. The molecule has 0 amide bonds. The van der Waals surface area contributed by atoms with Gasteiger partial charge in [0.15, 0.2) is 0 Å². The number of benzene rings is 2. The van der Waals surface area contributed by atoms with E-state index >= 15 is 0 Å². The van der Waals surface area contributed by atoms with Crippen molar-refractivity contribution in [2.75, 3.05) is 0 Å². The van der Waals surface area contributed by atoms with Crippen molar-refractivity contribution in [3.63, 3.8) is 0 Å². The molecular weight excluding hydrogens is 551 g/mol. The van der Waals surface area contributed by atoms with Gasteiger partial charge in [0.1, 0.15) is 0 Å². The van der Waals surface area contributed by atoms with Crippen LogP contribution in [0.5, 0.6) is 0 Å². The summed E-state index contributed by atoms with van der Waals surface area (Å²) in [5, 5.41) is 20.6. The van der Waals surface area contributed by atoms with E-state index in [2.05, 4.69) is 42.2 Å². The molecule has 1 aromatic heterocycles. The van der Waals surface area contributed by atoms with Crippen molar-refractivity contribution in [1.82, 2.24) is 4.98 Å². The summed E-state index contributed by atoms with van der Waals surface area (Å²) in [7, 11) is 0. The Balaban J connectivity index is 0.000000175. The minimum Gasteiger partial charge on any atom is -0.393 e. The average Bonchev–Trinajstić information content (AvgIpc) is 3.01. The molecule has 0 saturated heterocycles. The van der Waals surface area contributed by atoms with Gasteiger partial charge in [-0.3, -0.25) is 4.98 Å². The van der Waals surface area contributed by atoms with Gasteiger partial charge < -0.3 is 10.2 Å². The normalized spacial score (nSPS) is 25.4. The van der Waals surface area contributed by atoms with E-state index in [4.69, 9.17) is 0 Å². The van der Waals surface area contributed by atoms with Gasteiger partial charge in [-0.25, -0.2) is 0 Å². The predicted molar refractivity (Wildman–Crippen MR) is 117 cm³/mol. The third kappa shape index (κ3) is 5.36. The van der Waals surface area contributed by atoms with Crippen molar-refractivity contribution >= 4 is 10.9 Å². The van der Waals surface area contributed by atoms with Crippen molar-refractivity contribution in [3.05, 3.63) is 66.2 Å². The van der Waals surface area contributed by atoms with E-state index in [0.717, 1.165) is 42.5 Å². The first-order valence-corrected chi connectivity index (χ1v) is 10.8. The molecule has 2 aliphatic carbocycles. The number of hydrogen-bond acceptors (Lipinski definition) is 3. The fourth-order valence-electron chi connectivity index (χ4n) is 4.82. The third-order valence-corrected chi connectivity index (χ3v) is 6.43. The maximum atomic E-state index is 9.77. The number of aryl methyl sites for hydroxylation is 1. The molecule has 2 N–H and O–H groups in total. The van der Waals surface area contributed by atoms with Crippen LogP contribution in [0.15, 0.2) is 54.6 Å². The van der Waals surface area contributed by atoms with Crippen LogP contribution in [0.2, 0.25) is 0 Å². The second kappa shape index (κ2) is 10.6. The van der Waals surface area contributed by atoms with Crippen LogP contribution in [0.25, 0.3) is 22.2 Å². The quantitative estimate of drug-likeness (QED) is 0.384. The molecule has 0 bridgehead atoms. The molecule has 2 saturated carbocycles. The smallest absolute Gasteiger partial charge is 0.0595 e. The molecule has 1 radical (unpaired) electrons. The van der Waals surface area contributed by atoms with Crippen LogP contribution in [-0.4, -0.2) is 27.4 Å². The van der Waals surface area contributed by atoms with Gasteiger partial charge in [-0.15, -0.1) is 35.4 Å². The number of pyridine rings is 1. The van der Waals surface area contributed by atoms with E-state index < -0.39 is 0 Å². The summed E-state index contributed by atoms with van der Waals surface area (Å²) < 4.78 is 0. The maximum Gasteiger partial charge on any atom is 0.0595 e. The Morgan fingerprint density at radius 3 is 2.43 bits per heavy atom. The van der Waals surface area contributed by atoms with Crippen molar-refractivity contribution in [3.8, 4) is 11.3 Å². The first-order valence-electron chi connectivity index (χ1n) is 10.8. The zero-order valence-corrected chi connectivity index (χ0v) is 19.8. The van der Waals surface area contributed by atoms with Crippen LogP contribution >= 0.6 is 0 Å². The van der Waals surface area contributed by atoms with Gasteiger partial charge in [-0.2, -0.15) is 0 Å². The molecule has 5 rings (SSSR count). The largest absolute Gasteiger partial charge is 0.393 e. The van der Waals surface area contributed by atoms with Gasteiger partial charge in [-0.05, 0) is 48.7 Å². The molecule has 4 atom stereocenters. The molecule has 2 aliphatic rings. The number of fused-ring (bicyclic) bond motifs is 2. The molecular formula is C26H30IrNO2-. The summed E-state index contributed by atoms with van der Waals surface area (Å²) in [6, 6.07) is 21.7. The zero-order valence-electron chi connectivity index (χ0n) is 17.4. The van der Waals surface area contributed by atoms with Crippen LogP contribution in [0.4, 0.5) is 0 Å². The van der Waals surface area contributed by atoms with Crippen molar-refractivity contribution in [2.45, 2.75) is 57.7 Å². The first kappa shape index (κ1) is 23.1. The van der Waals surface area contributed by atoms with Crippen molar-refractivity contribution in [1.29, 1.82) is 0 Å². The van der Waals surface area contributed by atoms with Gasteiger partial charge in [0, 0.05) is 26.0 Å². The molecule has 30 heavy (non-hydrogen) atoms.